The summed E-state index contributed by atoms with van der Waals surface area (Å²) in [4.78, 5) is 22.5. The Hall–Kier alpha value is -3.97. The minimum absolute atomic E-state index is 0.215. The Morgan fingerprint density at radius 3 is 2.71 bits per heavy atom. The summed E-state index contributed by atoms with van der Waals surface area (Å²) >= 11 is 6.57. The zero-order valence-corrected chi connectivity index (χ0v) is 19.9. The van der Waals surface area contributed by atoms with Gasteiger partial charge in [0.1, 0.15) is 18.5 Å². The van der Waals surface area contributed by atoms with E-state index in [1.165, 1.54) is 11.9 Å². The number of carbonyl (C=O) groups is 1. The van der Waals surface area contributed by atoms with Crippen molar-refractivity contribution in [3.63, 3.8) is 0 Å². The monoisotopic (exact) mass is 482 g/mol. The van der Waals surface area contributed by atoms with Crippen molar-refractivity contribution in [2.24, 2.45) is 0 Å². The van der Waals surface area contributed by atoms with Crippen molar-refractivity contribution in [3.8, 4) is 5.69 Å². The fourth-order valence-electron chi connectivity index (χ4n) is 4.96. The maximum absolute atomic E-state index is 13.6. The fourth-order valence-corrected chi connectivity index (χ4v) is 5.22. The molecule has 0 saturated carbocycles. The molecular weight excluding hydrogens is 460 g/mol. The second-order valence-corrected chi connectivity index (χ2v) is 9.42. The van der Waals surface area contributed by atoms with Gasteiger partial charge in [-0.1, -0.05) is 48.0 Å². The Bertz CT molecular complexity index is 1540. The first-order chi connectivity index (χ1) is 17.0. The number of benzene rings is 3. The summed E-state index contributed by atoms with van der Waals surface area (Å²) in [5.41, 5.74) is 4.87. The zero-order valence-electron chi connectivity index (χ0n) is 19.1. The first-order valence-corrected chi connectivity index (χ1v) is 11.9. The molecule has 6 rings (SSSR count). The number of aromatic nitrogens is 5. The minimum atomic E-state index is -0.599. The van der Waals surface area contributed by atoms with Crippen LogP contribution in [0.15, 0.2) is 79.4 Å². The molecule has 35 heavy (non-hydrogen) atoms. The number of nitrogens with zero attached hydrogens (tertiary/aromatic N) is 5. The average Bonchev–Trinajstić information content (AvgIpc) is 3.52. The molecule has 174 valence electrons. The van der Waals surface area contributed by atoms with Crippen LogP contribution in [-0.2, 0) is 18.5 Å². The van der Waals surface area contributed by atoms with Crippen LogP contribution in [-0.4, -0.2) is 30.2 Å². The zero-order chi connectivity index (χ0) is 24.0. The second-order valence-electron chi connectivity index (χ2n) is 9.01. The number of fused-ring (bicyclic) bond motifs is 3. The normalized spacial score (nSPS) is 17.3. The molecule has 0 bridgehead atoms. The highest BCUT2D eigenvalue weighted by atomic mass is 35.5. The van der Waals surface area contributed by atoms with Crippen molar-refractivity contribution in [2.45, 2.75) is 31.8 Å². The number of amides is 1. The van der Waals surface area contributed by atoms with E-state index in [1.54, 1.807) is 23.1 Å². The van der Waals surface area contributed by atoms with Gasteiger partial charge in [0.05, 0.1) is 39.4 Å². The smallest absolute Gasteiger partial charge is 0.253 e. The van der Waals surface area contributed by atoms with E-state index in [0.717, 1.165) is 41.0 Å². The quantitative estimate of drug-likeness (QED) is 0.397. The molecule has 1 amide bonds. The predicted molar refractivity (Wildman–Crippen MR) is 135 cm³/mol. The summed E-state index contributed by atoms with van der Waals surface area (Å²) in [5, 5.41) is 7.85. The highest BCUT2D eigenvalue weighted by molar-refractivity contribution is 6.34. The van der Waals surface area contributed by atoms with Crippen molar-refractivity contribution in [2.75, 3.05) is 0 Å². The van der Waals surface area contributed by atoms with Crippen LogP contribution in [0, 0.1) is 6.92 Å². The molecule has 1 atom stereocenters. The summed E-state index contributed by atoms with van der Waals surface area (Å²) in [5.74, 6) is 0.828. The van der Waals surface area contributed by atoms with Gasteiger partial charge in [0.25, 0.3) is 5.91 Å². The van der Waals surface area contributed by atoms with Gasteiger partial charge in [-0.2, -0.15) is 5.10 Å². The lowest BCUT2D eigenvalue weighted by Gasteiger charge is -2.39. The van der Waals surface area contributed by atoms with Gasteiger partial charge in [-0.25, -0.2) is 14.6 Å². The minimum Gasteiger partial charge on any atom is -0.341 e. The van der Waals surface area contributed by atoms with Gasteiger partial charge in [0.2, 0.25) is 0 Å². The van der Waals surface area contributed by atoms with Gasteiger partial charge in [0, 0.05) is 6.42 Å². The third kappa shape index (κ3) is 3.78. The summed E-state index contributed by atoms with van der Waals surface area (Å²) in [6.45, 7) is 2.66. The Morgan fingerprint density at radius 1 is 1.09 bits per heavy atom. The van der Waals surface area contributed by atoms with E-state index in [4.69, 9.17) is 16.6 Å². The average molecular weight is 483 g/mol. The highest BCUT2D eigenvalue weighted by Crippen LogP contribution is 2.36. The van der Waals surface area contributed by atoms with Crippen LogP contribution in [0.2, 0.25) is 5.02 Å². The first-order valence-electron chi connectivity index (χ1n) is 11.5. The number of nitrogens with one attached hydrogen (secondary N) is 1. The SMILES string of the molecule is Cc1ccc2c(c1)nc1n2C[C@@](NC(=O)c2ccc(-n3cncn3)cc2Cl)(c2ccccc2)CC1. The van der Waals surface area contributed by atoms with E-state index in [-0.39, 0.29) is 5.91 Å². The lowest BCUT2D eigenvalue weighted by molar-refractivity contribution is 0.0867. The van der Waals surface area contributed by atoms with Crippen molar-refractivity contribution < 1.29 is 4.79 Å². The number of hydrogen-bond acceptors (Lipinski definition) is 4. The molecule has 8 heteroatoms. The largest absolute Gasteiger partial charge is 0.341 e. The number of rotatable bonds is 4. The molecule has 0 spiro atoms. The maximum atomic E-state index is 13.6. The topological polar surface area (TPSA) is 77.6 Å². The molecule has 0 fully saturated rings. The molecule has 0 radical (unpaired) electrons. The molecule has 7 nitrogen and oxygen atoms in total. The number of carbonyl (C=O) groups excluding carboxylic acids is 1. The van der Waals surface area contributed by atoms with Crippen LogP contribution in [0.5, 0.6) is 0 Å². The Kier molecular flexibility index (Phi) is 5.15. The molecule has 3 heterocycles. The van der Waals surface area contributed by atoms with E-state index in [9.17, 15) is 4.79 Å². The van der Waals surface area contributed by atoms with Crippen molar-refractivity contribution in [1.29, 1.82) is 0 Å². The Labute approximate surface area is 207 Å². The lowest BCUT2D eigenvalue weighted by Crippen LogP contribution is -2.51. The maximum Gasteiger partial charge on any atom is 0.253 e. The van der Waals surface area contributed by atoms with Gasteiger partial charge >= 0.3 is 0 Å². The summed E-state index contributed by atoms with van der Waals surface area (Å²) in [7, 11) is 0. The van der Waals surface area contributed by atoms with E-state index in [0.29, 0.717) is 17.1 Å². The van der Waals surface area contributed by atoms with Crippen molar-refractivity contribution in [3.05, 3.63) is 107 Å². The van der Waals surface area contributed by atoms with E-state index in [2.05, 4.69) is 57.2 Å². The van der Waals surface area contributed by atoms with Crippen LogP contribution in [0.1, 0.15) is 33.7 Å². The molecule has 0 unspecified atom stereocenters. The standard InChI is InChI=1S/C27H23ClN6O/c1-18-7-10-24-23(13-18)31-25-11-12-27(15-33(24)25,19-5-3-2-4-6-19)32-26(35)21-9-8-20(14-22(21)28)34-17-29-16-30-34/h2-10,13-14,16-17H,11-12,15H2,1H3,(H,32,35)/t27-/m1/s1. The summed E-state index contributed by atoms with van der Waals surface area (Å²) in [6, 6.07) is 21.8. The van der Waals surface area contributed by atoms with E-state index < -0.39 is 5.54 Å². The molecule has 5 aromatic rings. The Balaban J connectivity index is 1.38. The van der Waals surface area contributed by atoms with Crippen LogP contribution in [0.25, 0.3) is 16.7 Å². The highest BCUT2D eigenvalue weighted by Gasteiger charge is 2.39. The Morgan fingerprint density at radius 2 is 1.94 bits per heavy atom. The molecule has 0 aliphatic carbocycles. The van der Waals surface area contributed by atoms with E-state index >= 15 is 0 Å². The summed E-state index contributed by atoms with van der Waals surface area (Å²) < 4.78 is 3.84. The van der Waals surface area contributed by atoms with Crippen LogP contribution in [0.3, 0.4) is 0 Å². The fraction of sp³-hybridized carbons (Fsp3) is 0.185. The molecule has 1 aliphatic heterocycles. The third-order valence-electron chi connectivity index (χ3n) is 6.75. The van der Waals surface area contributed by atoms with Crippen molar-refractivity contribution >= 4 is 28.5 Å². The van der Waals surface area contributed by atoms with Crippen LogP contribution in [0.4, 0.5) is 0 Å². The van der Waals surface area contributed by atoms with E-state index in [1.807, 2.05) is 24.3 Å². The van der Waals surface area contributed by atoms with Gasteiger partial charge in [-0.05, 0) is 54.8 Å². The second kappa shape index (κ2) is 8.36. The van der Waals surface area contributed by atoms with Gasteiger partial charge < -0.3 is 9.88 Å². The molecule has 2 aromatic heterocycles. The molecule has 1 N–H and O–H groups in total. The van der Waals surface area contributed by atoms with Gasteiger partial charge in [-0.15, -0.1) is 0 Å². The van der Waals surface area contributed by atoms with Crippen LogP contribution >= 0.6 is 11.6 Å². The number of hydrogen-bond donors (Lipinski definition) is 1. The van der Waals surface area contributed by atoms with Crippen LogP contribution < -0.4 is 5.32 Å². The lowest BCUT2D eigenvalue weighted by atomic mass is 9.82. The molecule has 3 aromatic carbocycles. The molecule has 0 saturated heterocycles. The van der Waals surface area contributed by atoms with Gasteiger partial charge in [-0.3, -0.25) is 4.79 Å². The van der Waals surface area contributed by atoms with Gasteiger partial charge in [0.15, 0.2) is 0 Å². The first kappa shape index (κ1) is 21.6. The predicted octanol–water partition coefficient (Wildman–Crippen LogP) is 4.85. The molecule has 1 aliphatic rings. The number of aryl methyl sites for hydroxylation is 2. The number of halogens is 1. The molecular formula is C27H23ClN6O. The third-order valence-corrected chi connectivity index (χ3v) is 7.06. The van der Waals surface area contributed by atoms with Crippen molar-refractivity contribution in [1.82, 2.24) is 29.6 Å². The summed E-state index contributed by atoms with van der Waals surface area (Å²) in [6.07, 6.45) is 4.53. The number of imidazole rings is 1.